The highest BCUT2D eigenvalue weighted by molar-refractivity contribution is 7.92. The van der Waals surface area contributed by atoms with Crippen LogP contribution in [0.3, 0.4) is 0 Å². The van der Waals surface area contributed by atoms with Crippen LogP contribution in [0.4, 0.5) is 0 Å². The Morgan fingerprint density at radius 1 is 1.33 bits per heavy atom. The van der Waals surface area contributed by atoms with Crippen LogP contribution >= 0.6 is 0 Å². The second-order valence-electron chi connectivity index (χ2n) is 6.19. The van der Waals surface area contributed by atoms with Gasteiger partial charge in [0.25, 0.3) is 0 Å². The Labute approximate surface area is 140 Å². The van der Waals surface area contributed by atoms with Gasteiger partial charge in [-0.2, -0.15) is 5.26 Å². The van der Waals surface area contributed by atoms with Crippen molar-refractivity contribution in [2.75, 3.05) is 5.75 Å². The van der Waals surface area contributed by atoms with E-state index in [-0.39, 0.29) is 23.2 Å². The molecule has 0 amide bonds. The fourth-order valence-corrected chi connectivity index (χ4v) is 5.07. The number of benzene rings is 1. The van der Waals surface area contributed by atoms with Crippen molar-refractivity contribution in [2.45, 2.75) is 43.3 Å². The summed E-state index contributed by atoms with van der Waals surface area (Å²) >= 11 is 0. The molecule has 1 heterocycles. The number of ketones is 1. The van der Waals surface area contributed by atoms with E-state index in [0.717, 1.165) is 18.4 Å². The van der Waals surface area contributed by atoms with E-state index in [0.29, 0.717) is 18.4 Å². The number of sulfone groups is 1. The number of nitrogens with zero attached hydrogens (tertiary/aromatic N) is 2. The molecule has 1 fully saturated rings. The molecular weight excluding hydrogens is 326 g/mol. The fourth-order valence-electron chi connectivity index (χ4n) is 3.20. The third kappa shape index (κ3) is 3.34. The van der Waals surface area contributed by atoms with E-state index in [1.807, 2.05) is 24.3 Å². The van der Waals surface area contributed by atoms with Gasteiger partial charge in [-0.1, -0.05) is 25.0 Å². The molecule has 126 valence electrons. The third-order valence-electron chi connectivity index (χ3n) is 4.58. The van der Waals surface area contributed by atoms with Crippen molar-refractivity contribution in [3.8, 4) is 6.07 Å². The van der Waals surface area contributed by atoms with E-state index >= 15 is 0 Å². The zero-order valence-electron chi connectivity index (χ0n) is 13.2. The first-order valence-corrected chi connectivity index (χ1v) is 9.81. The largest absolute Gasteiger partial charge is 0.340 e. The fraction of sp³-hybridized carbons (Fsp3) is 0.471. The molecule has 24 heavy (non-hydrogen) atoms. The van der Waals surface area contributed by atoms with E-state index in [1.54, 1.807) is 6.07 Å². The third-order valence-corrected chi connectivity index (χ3v) is 6.84. The van der Waals surface area contributed by atoms with Crippen molar-refractivity contribution in [3.05, 3.63) is 30.1 Å². The van der Waals surface area contributed by atoms with Gasteiger partial charge in [0.1, 0.15) is 5.82 Å². The van der Waals surface area contributed by atoms with Crippen LogP contribution in [0.1, 0.15) is 43.8 Å². The zero-order chi connectivity index (χ0) is 17.2. The van der Waals surface area contributed by atoms with Crippen molar-refractivity contribution in [2.24, 2.45) is 0 Å². The van der Waals surface area contributed by atoms with E-state index in [4.69, 9.17) is 0 Å². The van der Waals surface area contributed by atoms with Crippen LogP contribution in [-0.4, -0.2) is 35.2 Å². The van der Waals surface area contributed by atoms with Gasteiger partial charge in [0.2, 0.25) is 0 Å². The van der Waals surface area contributed by atoms with E-state index in [9.17, 15) is 18.5 Å². The molecule has 1 saturated carbocycles. The van der Waals surface area contributed by atoms with E-state index in [1.165, 1.54) is 0 Å². The first kappa shape index (κ1) is 16.7. The minimum atomic E-state index is -3.26. The second-order valence-corrected chi connectivity index (χ2v) is 8.59. The molecule has 1 unspecified atom stereocenters. The minimum Gasteiger partial charge on any atom is -0.340 e. The van der Waals surface area contributed by atoms with Crippen LogP contribution in [-0.2, 0) is 14.6 Å². The summed E-state index contributed by atoms with van der Waals surface area (Å²) in [5.41, 5.74) is 1.43. The standard InChI is InChI=1S/C17H19N3O3S/c18-11-13(17-19-14-7-3-4-8-15(14)20-17)16(21)9-10-24(22,23)12-5-1-2-6-12/h3-4,7-8,12-13H,1-2,5-6,9-10H2,(H,19,20). The summed E-state index contributed by atoms with van der Waals surface area (Å²) in [6.07, 6.45) is 3.08. The number of nitrogens with one attached hydrogen (secondary N) is 1. The van der Waals surface area contributed by atoms with Crippen molar-refractivity contribution < 1.29 is 13.2 Å². The van der Waals surface area contributed by atoms with Gasteiger partial charge in [0, 0.05) is 6.42 Å². The number of imidazole rings is 1. The number of carbonyl (C=O) groups is 1. The number of rotatable bonds is 6. The summed E-state index contributed by atoms with van der Waals surface area (Å²) in [7, 11) is -3.26. The Morgan fingerprint density at radius 3 is 2.71 bits per heavy atom. The molecule has 1 aromatic carbocycles. The van der Waals surface area contributed by atoms with Gasteiger partial charge in [0.05, 0.1) is 28.1 Å². The number of nitriles is 1. The molecule has 0 bridgehead atoms. The number of H-pyrrole nitrogens is 1. The summed E-state index contributed by atoms with van der Waals surface area (Å²) < 4.78 is 24.5. The van der Waals surface area contributed by atoms with Crippen LogP contribution in [0, 0.1) is 11.3 Å². The summed E-state index contributed by atoms with van der Waals surface area (Å²) in [4.78, 5) is 19.6. The number of para-hydroxylation sites is 2. The number of fused-ring (bicyclic) bond motifs is 1. The molecule has 1 N–H and O–H groups in total. The molecule has 0 aliphatic heterocycles. The van der Waals surface area contributed by atoms with Gasteiger partial charge in [0.15, 0.2) is 21.5 Å². The van der Waals surface area contributed by atoms with Crippen LogP contribution in [0.25, 0.3) is 11.0 Å². The Hall–Kier alpha value is -2.20. The van der Waals surface area contributed by atoms with Crippen molar-refractivity contribution in [1.29, 1.82) is 5.26 Å². The first-order valence-electron chi connectivity index (χ1n) is 8.10. The van der Waals surface area contributed by atoms with Gasteiger partial charge >= 0.3 is 0 Å². The average Bonchev–Trinajstić information content (AvgIpc) is 3.23. The monoisotopic (exact) mass is 345 g/mol. The lowest BCUT2D eigenvalue weighted by molar-refractivity contribution is -0.119. The molecule has 7 heteroatoms. The number of aromatic nitrogens is 2. The molecular formula is C17H19N3O3S. The Morgan fingerprint density at radius 2 is 2.04 bits per heavy atom. The highest BCUT2D eigenvalue weighted by Crippen LogP contribution is 2.26. The maximum Gasteiger partial charge on any atom is 0.162 e. The number of hydrogen-bond donors (Lipinski definition) is 1. The molecule has 0 radical (unpaired) electrons. The topological polar surface area (TPSA) is 104 Å². The number of Topliss-reactive ketones (excluding diaryl/α,β-unsaturated/α-hetero) is 1. The average molecular weight is 345 g/mol. The summed E-state index contributed by atoms with van der Waals surface area (Å²) in [5, 5.41) is 9.01. The molecule has 0 spiro atoms. The lowest BCUT2D eigenvalue weighted by Gasteiger charge is -2.11. The van der Waals surface area contributed by atoms with Crippen molar-refractivity contribution in [3.63, 3.8) is 0 Å². The molecule has 1 aliphatic carbocycles. The molecule has 2 aromatic rings. The Kier molecular flexibility index (Phi) is 4.67. The highest BCUT2D eigenvalue weighted by Gasteiger charge is 2.31. The Balaban J connectivity index is 1.71. The SMILES string of the molecule is N#CC(C(=O)CCS(=O)(=O)C1CCCC1)c1nc2ccccc2[nH]1. The van der Waals surface area contributed by atoms with Crippen molar-refractivity contribution in [1.82, 2.24) is 9.97 Å². The lowest BCUT2D eigenvalue weighted by Crippen LogP contribution is -2.24. The van der Waals surface area contributed by atoms with E-state index < -0.39 is 21.5 Å². The van der Waals surface area contributed by atoms with Gasteiger partial charge in [-0.05, 0) is 25.0 Å². The van der Waals surface area contributed by atoms with Crippen LogP contribution < -0.4 is 0 Å². The summed E-state index contributed by atoms with van der Waals surface area (Å²) in [6.45, 7) is 0. The normalized spacial score (nSPS) is 17.0. The van der Waals surface area contributed by atoms with Gasteiger partial charge < -0.3 is 4.98 Å². The molecule has 0 saturated heterocycles. The second kappa shape index (κ2) is 6.73. The minimum absolute atomic E-state index is 0.145. The highest BCUT2D eigenvalue weighted by atomic mass is 32.2. The molecule has 3 rings (SSSR count). The van der Waals surface area contributed by atoms with E-state index in [2.05, 4.69) is 9.97 Å². The molecule has 1 atom stereocenters. The van der Waals surface area contributed by atoms with Gasteiger partial charge in [-0.15, -0.1) is 0 Å². The summed E-state index contributed by atoms with van der Waals surface area (Å²) in [5.74, 6) is -1.37. The smallest absolute Gasteiger partial charge is 0.162 e. The number of carbonyl (C=O) groups excluding carboxylic acids is 1. The Bertz CT molecular complexity index is 856. The van der Waals surface area contributed by atoms with Crippen LogP contribution in [0.2, 0.25) is 0 Å². The van der Waals surface area contributed by atoms with Crippen molar-refractivity contribution >= 4 is 26.7 Å². The predicted molar refractivity (Wildman–Crippen MR) is 90.1 cm³/mol. The molecule has 6 nitrogen and oxygen atoms in total. The molecule has 1 aromatic heterocycles. The lowest BCUT2D eigenvalue weighted by atomic mass is 10.0. The number of hydrogen-bond acceptors (Lipinski definition) is 5. The maximum absolute atomic E-state index is 12.4. The first-order chi connectivity index (χ1) is 11.5. The van der Waals surface area contributed by atoms with Gasteiger partial charge in [-0.3, -0.25) is 4.79 Å². The summed E-state index contributed by atoms with van der Waals surface area (Å²) in [6, 6.07) is 9.21. The van der Waals surface area contributed by atoms with Crippen LogP contribution in [0.5, 0.6) is 0 Å². The molecule has 1 aliphatic rings. The van der Waals surface area contributed by atoms with Crippen LogP contribution in [0.15, 0.2) is 24.3 Å². The zero-order valence-corrected chi connectivity index (χ0v) is 14.1. The maximum atomic E-state index is 12.4. The van der Waals surface area contributed by atoms with Gasteiger partial charge in [-0.25, -0.2) is 13.4 Å². The number of aromatic amines is 1. The quantitative estimate of drug-likeness (QED) is 0.866. The predicted octanol–water partition coefficient (Wildman–Crippen LogP) is 2.49.